The lowest BCUT2D eigenvalue weighted by atomic mass is 9.97. The molecule has 3 rings (SSSR count). The highest BCUT2D eigenvalue weighted by atomic mass is 16.2. The van der Waals surface area contributed by atoms with E-state index in [0.717, 1.165) is 50.9 Å². The molecule has 1 aromatic rings. The molecule has 6 nitrogen and oxygen atoms in total. The Morgan fingerprint density at radius 3 is 2.81 bits per heavy atom. The molecule has 2 aliphatic rings. The summed E-state index contributed by atoms with van der Waals surface area (Å²) in [5.41, 5.74) is 6.95. The van der Waals surface area contributed by atoms with Gasteiger partial charge in [0.15, 0.2) is 0 Å². The van der Waals surface area contributed by atoms with Crippen molar-refractivity contribution in [1.29, 1.82) is 0 Å². The third kappa shape index (κ3) is 4.62. The summed E-state index contributed by atoms with van der Waals surface area (Å²) in [6.45, 7) is 2.84. The van der Waals surface area contributed by atoms with Crippen molar-refractivity contribution >= 4 is 17.7 Å². The number of piperidine rings is 1. The summed E-state index contributed by atoms with van der Waals surface area (Å²) in [4.78, 5) is 39.3. The Morgan fingerprint density at radius 2 is 2.04 bits per heavy atom. The Bertz CT molecular complexity index is 689. The number of hydrogen-bond donors (Lipinski definition) is 1. The quantitative estimate of drug-likeness (QED) is 0.839. The Labute approximate surface area is 154 Å². The predicted octanol–water partition coefficient (Wildman–Crippen LogP) is 1.58. The molecule has 2 saturated heterocycles. The largest absolute Gasteiger partial charge is 0.366 e. The second kappa shape index (κ2) is 8.34. The summed E-state index contributed by atoms with van der Waals surface area (Å²) >= 11 is 0. The minimum atomic E-state index is -0.415. The molecular formula is C20H27N3O3. The number of benzene rings is 1. The van der Waals surface area contributed by atoms with Gasteiger partial charge in [0.25, 0.3) is 0 Å². The summed E-state index contributed by atoms with van der Waals surface area (Å²) < 4.78 is 0. The van der Waals surface area contributed by atoms with Crippen LogP contribution in [0.15, 0.2) is 24.3 Å². The Kier molecular flexibility index (Phi) is 5.91. The monoisotopic (exact) mass is 357 g/mol. The third-order valence-electron chi connectivity index (χ3n) is 5.39. The standard InChI is InChI=1S/C20H27N3O3/c21-20(26)17-5-3-4-15(13-17)12-16-7-10-23(14-16)19(25)8-11-22-9-2-1-6-18(22)24/h3-5,13,16H,1-2,6-12,14H2,(H2,21,26)/t16-/m1/s1. The molecule has 26 heavy (non-hydrogen) atoms. The van der Waals surface area contributed by atoms with Crippen LogP contribution in [-0.4, -0.2) is 53.7 Å². The topological polar surface area (TPSA) is 83.7 Å². The second-order valence-corrected chi connectivity index (χ2v) is 7.35. The van der Waals surface area contributed by atoms with Crippen LogP contribution in [0.3, 0.4) is 0 Å². The zero-order valence-corrected chi connectivity index (χ0v) is 15.2. The summed E-state index contributed by atoms with van der Waals surface area (Å²) in [7, 11) is 0. The number of primary amides is 1. The zero-order chi connectivity index (χ0) is 18.5. The van der Waals surface area contributed by atoms with E-state index in [1.807, 2.05) is 28.0 Å². The molecule has 6 heteroatoms. The normalized spacial score (nSPS) is 20.5. The van der Waals surface area contributed by atoms with Crippen molar-refractivity contribution in [3.8, 4) is 0 Å². The van der Waals surface area contributed by atoms with Gasteiger partial charge in [-0.3, -0.25) is 14.4 Å². The number of carbonyl (C=O) groups is 3. The highest BCUT2D eigenvalue weighted by Crippen LogP contribution is 2.22. The van der Waals surface area contributed by atoms with Gasteiger partial charge in [0.05, 0.1) is 0 Å². The van der Waals surface area contributed by atoms with Crippen LogP contribution < -0.4 is 5.73 Å². The zero-order valence-electron chi connectivity index (χ0n) is 15.2. The van der Waals surface area contributed by atoms with E-state index in [-0.39, 0.29) is 11.8 Å². The van der Waals surface area contributed by atoms with E-state index in [4.69, 9.17) is 5.73 Å². The molecule has 2 fully saturated rings. The van der Waals surface area contributed by atoms with Gasteiger partial charge in [-0.15, -0.1) is 0 Å². The van der Waals surface area contributed by atoms with E-state index < -0.39 is 5.91 Å². The maximum atomic E-state index is 12.5. The first kappa shape index (κ1) is 18.4. The van der Waals surface area contributed by atoms with Gasteiger partial charge in [-0.25, -0.2) is 0 Å². The maximum absolute atomic E-state index is 12.5. The Morgan fingerprint density at radius 1 is 1.19 bits per heavy atom. The summed E-state index contributed by atoms with van der Waals surface area (Å²) in [5, 5.41) is 0. The van der Waals surface area contributed by atoms with Crippen molar-refractivity contribution < 1.29 is 14.4 Å². The van der Waals surface area contributed by atoms with Crippen molar-refractivity contribution in [2.45, 2.75) is 38.5 Å². The molecule has 0 aromatic heterocycles. The Hall–Kier alpha value is -2.37. The first-order chi connectivity index (χ1) is 12.5. The number of amides is 3. The molecule has 1 atom stereocenters. The molecule has 2 aliphatic heterocycles. The molecule has 3 amide bonds. The van der Waals surface area contributed by atoms with E-state index in [9.17, 15) is 14.4 Å². The summed E-state index contributed by atoms with van der Waals surface area (Å²) in [5.74, 6) is 0.301. The lowest BCUT2D eigenvalue weighted by Gasteiger charge is -2.27. The van der Waals surface area contributed by atoms with Crippen LogP contribution in [0.4, 0.5) is 0 Å². The van der Waals surface area contributed by atoms with Crippen molar-refractivity contribution in [3.05, 3.63) is 35.4 Å². The van der Waals surface area contributed by atoms with E-state index in [0.29, 0.717) is 30.9 Å². The lowest BCUT2D eigenvalue weighted by Crippen LogP contribution is -2.39. The SMILES string of the molecule is NC(=O)c1cccc(C[C@H]2CCN(C(=O)CCN3CCCCC3=O)C2)c1. The van der Waals surface area contributed by atoms with Crippen LogP contribution >= 0.6 is 0 Å². The Balaban J connectivity index is 1.47. The molecule has 0 saturated carbocycles. The molecule has 0 spiro atoms. The van der Waals surface area contributed by atoms with Gasteiger partial charge in [-0.1, -0.05) is 12.1 Å². The lowest BCUT2D eigenvalue weighted by molar-refractivity contribution is -0.135. The van der Waals surface area contributed by atoms with Crippen LogP contribution in [0.25, 0.3) is 0 Å². The molecule has 0 radical (unpaired) electrons. The number of rotatable bonds is 6. The van der Waals surface area contributed by atoms with Crippen molar-refractivity contribution in [1.82, 2.24) is 9.80 Å². The number of nitrogens with zero attached hydrogens (tertiary/aromatic N) is 2. The van der Waals surface area contributed by atoms with E-state index >= 15 is 0 Å². The van der Waals surface area contributed by atoms with Gasteiger partial charge in [0.2, 0.25) is 17.7 Å². The summed E-state index contributed by atoms with van der Waals surface area (Å²) in [6, 6.07) is 7.41. The van der Waals surface area contributed by atoms with Crippen LogP contribution in [-0.2, 0) is 16.0 Å². The van der Waals surface area contributed by atoms with Crippen LogP contribution in [0.2, 0.25) is 0 Å². The van der Waals surface area contributed by atoms with E-state index in [1.54, 1.807) is 6.07 Å². The van der Waals surface area contributed by atoms with Crippen LogP contribution in [0.5, 0.6) is 0 Å². The average Bonchev–Trinajstić information content (AvgIpc) is 3.09. The molecular weight excluding hydrogens is 330 g/mol. The van der Waals surface area contributed by atoms with Gasteiger partial charge >= 0.3 is 0 Å². The minimum Gasteiger partial charge on any atom is -0.366 e. The van der Waals surface area contributed by atoms with Crippen molar-refractivity contribution in [2.24, 2.45) is 11.7 Å². The predicted molar refractivity (Wildman–Crippen MR) is 98.4 cm³/mol. The number of carbonyl (C=O) groups excluding carboxylic acids is 3. The van der Waals surface area contributed by atoms with E-state index in [2.05, 4.69) is 0 Å². The third-order valence-corrected chi connectivity index (χ3v) is 5.39. The molecule has 2 N–H and O–H groups in total. The first-order valence-electron chi connectivity index (χ1n) is 9.47. The molecule has 0 aliphatic carbocycles. The number of nitrogens with two attached hydrogens (primary N) is 1. The fourth-order valence-corrected chi connectivity index (χ4v) is 3.90. The number of hydrogen-bond acceptors (Lipinski definition) is 3. The van der Waals surface area contributed by atoms with E-state index in [1.165, 1.54) is 0 Å². The minimum absolute atomic E-state index is 0.136. The molecule has 0 unspecified atom stereocenters. The van der Waals surface area contributed by atoms with Gasteiger partial charge in [-0.2, -0.15) is 0 Å². The fraction of sp³-hybridized carbons (Fsp3) is 0.550. The summed E-state index contributed by atoms with van der Waals surface area (Å²) in [6.07, 6.45) is 4.84. The first-order valence-corrected chi connectivity index (χ1v) is 9.47. The average molecular weight is 357 g/mol. The van der Waals surface area contributed by atoms with Gasteiger partial charge in [-0.05, 0) is 49.3 Å². The smallest absolute Gasteiger partial charge is 0.248 e. The molecule has 1 aromatic carbocycles. The van der Waals surface area contributed by atoms with Crippen molar-refractivity contribution in [2.75, 3.05) is 26.2 Å². The van der Waals surface area contributed by atoms with Gasteiger partial charge in [0, 0.05) is 44.6 Å². The number of likely N-dealkylation sites (tertiary alicyclic amines) is 2. The van der Waals surface area contributed by atoms with Gasteiger partial charge < -0.3 is 15.5 Å². The molecule has 140 valence electrons. The highest BCUT2D eigenvalue weighted by Gasteiger charge is 2.27. The second-order valence-electron chi connectivity index (χ2n) is 7.35. The van der Waals surface area contributed by atoms with Crippen molar-refractivity contribution in [3.63, 3.8) is 0 Å². The molecule has 2 heterocycles. The highest BCUT2D eigenvalue weighted by molar-refractivity contribution is 5.92. The maximum Gasteiger partial charge on any atom is 0.248 e. The fourth-order valence-electron chi connectivity index (χ4n) is 3.90. The van der Waals surface area contributed by atoms with Gasteiger partial charge in [0.1, 0.15) is 0 Å². The molecule has 0 bridgehead atoms. The van der Waals surface area contributed by atoms with Crippen LogP contribution in [0, 0.1) is 5.92 Å². The van der Waals surface area contributed by atoms with Crippen LogP contribution in [0.1, 0.15) is 48.0 Å².